The fourth-order valence-electron chi connectivity index (χ4n) is 1.94. The Morgan fingerprint density at radius 2 is 1.95 bits per heavy atom. The van der Waals surface area contributed by atoms with Crippen LogP contribution in [0.1, 0.15) is 5.56 Å². The molecule has 0 aliphatic rings. The topological polar surface area (TPSA) is 83.6 Å². The fourth-order valence-corrected chi connectivity index (χ4v) is 1.94. The van der Waals surface area contributed by atoms with E-state index in [0.717, 1.165) is 0 Å². The van der Waals surface area contributed by atoms with Gasteiger partial charge in [-0.1, -0.05) is 0 Å². The molecular weight excluding hydrogens is 276 g/mol. The average molecular weight is 290 g/mol. The maximum atomic E-state index is 11.8. The van der Waals surface area contributed by atoms with Crippen LogP contribution in [0.4, 0.5) is 5.69 Å². The first-order chi connectivity index (χ1) is 10.0. The Morgan fingerprint density at radius 3 is 2.57 bits per heavy atom. The van der Waals surface area contributed by atoms with Gasteiger partial charge in [0.15, 0.2) is 0 Å². The van der Waals surface area contributed by atoms with Gasteiger partial charge in [-0.25, -0.2) is 0 Å². The second-order valence-corrected chi connectivity index (χ2v) is 4.29. The normalized spacial score (nSPS) is 10.2. The molecule has 0 aliphatic heterocycles. The van der Waals surface area contributed by atoms with Crippen molar-refractivity contribution >= 4 is 5.69 Å². The van der Waals surface area contributed by atoms with Crippen molar-refractivity contribution in [3.05, 3.63) is 62.6 Å². The number of nitrogens with zero attached hydrogens (tertiary/aromatic N) is 2. The highest BCUT2D eigenvalue weighted by atomic mass is 16.6. The highest BCUT2D eigenvalue weighted by Crippen LogP contribution is 2.24. The summed E-state index contributed by atoms with van der Waals surface area (Å²) in [6.07, 6.45) is 1.21. The molecule has 0 amide bonds. The Bertz CT molecular complexity index is 724. The summed E-state index contributed by atoms with van der Waals surface area (Å²) < 4.78 is 11.6. The van der Waals surface area contributed by atoms with Crippen LogP contribution in [0.5, 0.6) is 11.5 Å². The Balaban J connectivity index is 2.44. The van der Waals surface area contributed by atoms with E-state index in [4.69, 9.17) is 9.47 Å². The molecule has 1 aromatic heterocycles. The maximum absolute atomic E-state index is 11.8. The number of pyridine rings is 1. The first kappa shape index (κ1) is 14.6. The molecule has 0 aliphatic carbocycles. The van der Waals surface area contributed by atoms with E-state index in [9.17, 15) is 14.9 Å². The third-order valence-electron chi connectivity index (χ3n) is 3.01. The zero-order chi connectivity index (χ0) is 15.4. The second kappa shape index (κ2) is 6.08. The van der Waals surface area contributed by atoms with Gasteiger partial charge in [-0.2, -0.15) is 0 Å². The summed E-state index contributed by atoms with van der Waals surface area (Å²) in [5.41, 5.74) is 0.224. The minimum Gasteiger partial charge on any atom is -0.497 e. The zero-order valence-electron chi connectivity index (χ0n) is 11.6. The molecule has 1 heterocycles. The van der Waals surface area contributed by atoms with Gasteiger partial charge in [-0.05, 0) is 18.2 Å². The molecule has 0 unspecified atom stereocenters. The lowest BCUT2D eigenvalue weighted by Crippen LogP contribution is -2.19. The standard InChI is InChI=1S/C14H14N2O5/c1-20-12-4-5-13(21-2)10(7-12)8-15-9-11(16(18)19)3-6-14(15)17/h3-7,9H,8H2,1-2H3. The summed E-state index contributed by atoms with van der Waals surface area (Å²) in [7, 11) is 3.05. The predicted octanol–water partition coefficient (Wildman–Crippen LogP) is 1.82. The first-order valence-corrected chi connectivity index (χ1v) is 6.11. The number of aromatic nitrogens is 1. The van der Waals surface area contributed by atoms with Crippen molar-refractivity contribution in [1.82, 2.24) is 4.57 Å². The summed E-state index contributed by atoms with van der Waals surface area (Å²) >= 11 is 0. The van der Waals surface area contributed by atoms with E-state index in [1.54, 1.807) is 18.2 Å². The van der Waals surface area contributed by atoms with Gasteiger partial charge in [-0.3, -0.25) is 14.9 Å². The number of hydrogen-bond donors (Lipinski definition) is 0. The lowest BCUT2D eigenvalue weighted by atomic mass is 10.2. The van der Waals surface area contributed by atoms with Crippen molar-refractivity contribution in [2.45, 2.75) is 6.54 Å². The number of hydrogen-bond acceptors (Lipinski definition) is 5. The molecule has 0 spiro atoms. The van der Waals surface area contributed by atoms with Crippen LogP contribution in [0, 0.1) is 10.1 Å². The largest absolute Gasteiger partial charge is 0.497 e. The molecule has 1 aromatic carbocycles. The molecule has 0 fully saturated rings. The molecule has 2 aromatic rings. The lowest BCUT2D eigenvalue weighted by molar-refractivity contribution is -0.385. The molecule has 7 heteroatoms. The van der Waals surface area contributed by atoms with Crippen molar-refractivity contribution in [3.8, 4) is 11.5 Å². The van der Waals surface area contributed by atoms with Crippen LogP contribution in [-0.4, -0.2) is 23.7 Å². The SMILES string of the molecule is COc1ccc(OC)c(Cn2cc([N+](=O)[O-])ccc2=O)c1. The molecule has 21 heavy (non-hydrogen) atoms. The predicted molar refractivity (Wildman–Crippen MR) is 76.0 cm³/mol. The van der Waals surface area contributed by atoms with Crippen LogP contribution in [0.2, 0.25) is 0 Å². The van der Waals surface area contributed by atoms with Crippen LogP contribution in [0.3, 0.4) is 0 Å². The summed E-state index contributed by atoms with van der Waals surface area (Å²) in [6, 6.07) is 7.53. The molecule has 0 bridgehead atoms. The van der Waals surface area contributed by atoms with Crippen molar-refractivity contribution < 1.29 is 14.4 Å². The number of benzene rings is 1. The van der Waals surface area contributed by atoms with E-state index in [1.807, 2.05) is 0 Å². The Hall–Kier alpha value is -2.83. The van der Waals surface area contributed by atoms with Crippen molar-refractivity contribution in [2.75, 3.05) is 14.2 Å². The molecule has 2 rings (SSSR count). The minimum atomic E-state index is -0.543. The molecule has 110 valence electrons. The van der Waals surface area contributed by atoms with Gasteiger partial charge < -0.3 is 14.0 Å². The highest BCUT2D eigenvalue weighted by molar-refractivity contribution is 5.40. The van der Waals surface area contributed by atoms with E-state index in [2.05, 4.69) is 0 Å². The first-order valence-electron chi connectivity index (χ1n) is 6.11. The van der Waals surface area contributed by atoms with E-state index >= 15 is 0 Å². The van der Waals surface area contributed by atoms with E-state index in [-0.39, 0.29) is 17.8 Å². The summed E-state index contributed by atoms with van der Waals surface area (Å²) in [6.45, 7) is 0.154. The van der Waals surface area contributed by atoms with Gasteiger partial charge in [0.1, 0.15) is 11.5 Å². The number of ether oxygens (including phenoxy) is 2. The molecule has 0 atom stereocenters. The Labute approximate surface area is 120 Å². The third-order valence-corrected chi connectivity index (χ3v) is 3.01. The van der Waals surface area contributed by atoms with E-state index in [1.165, 1.54) is 37.1 Å². The van der Waals surface area contributed by atoms with Crippen LogP contribution in [-0.2, 0) is 6.54 Å². The zero-order valence-corrected chi connectivity index (χ0v) is 11.6. The van der Waals surface area contributed by atoms with Crippen LogP contribution < -0.4 is 15.0 Å². The van der Waals surface area contributed by atoms with Crippen molar-refractivity contribution in [1.29, 1.82) is 0 Å². The molecule has 0 radical (unpaired) electrons. The smallest absolute Gasteiger partial charge is 0.285 e. The monoisotopic (exact) mass is 290 g/mol. The van der Waals surface area contributed by atoms with Gasteiger partial charge in [0.05, 0.1) is 31.9 Å². The molecule has 0 N–H and O–H groups in total. The summed E-state index contributed by atoms with van der Waals surface area (Å²) in [4.78, 5) is 22.1. The number of methoxy groups -OCH3 is 2. The van der Waals surface area contributed by atoms with Gasteiger partial charge in [-0.15, -0.1) is 0 Å². The molecular formula is C14H14N2O5. The molecule has 0 saturated carbocycles. The number of nitro groups is 1. The van der Waals surface area contributed by atoms with Gasteiger partial charge in [0.2, 0.25) is 0 Å². The third kappa shape index (κ3) is 3.19. The molecule has 0 saturated heterocycles. The van der Waals surface area contributed by atoms with Crippen molar-refractivity contribution in [3.63, 3.8) is 0 Å². The Morgan fingerprint density at radius 1 is 1.19 bits per heavy atom. The fraction of sp³-hybridized carbons (Fsp3) is 0.214. The molecule has 7 nitrogen and oxygen atoms in total. The van der Waals surface area contributed by atoms with Gasteiger partial charge in [0, 0.05) is 17.7 Å². The van der Waals surface area contributed by atoms with E-state index in [0.29, 0.717) is 17.1 Å². The van der Waals surface area contributed by atoms with Crippen LogP contribution in [0.15, 0.2) is 41.3 Å². The van der Waals surface area contributed by atoms with Crippen LogP contribution in [0.25, 0.3) is 0 Å². The summed E-state index contributed by atoms with van der Waals surface area (Å²) in [5, 5.41) is 10.8. The summed E-state index contributed by atoms with van der Waals surface area (Å²) in [5.74, 6) is 1.19. The minimum absolute atomic E-state index is 0.142. The Kier molecular flexibility index (Phi) is 4.22. The maximum Gasteiger partial charge on any atom is 0.285 e. The van der Waals surface area contributed by atoms with Crippen molar-refractivity contribution in [2.24, 2.45) is 0 Å². The van der Waals surface area contributed by atoms with E-state index < -0.39 is 4.92 Å². The lowest BCUT2D eigenvalue weighted by Gasteiger charge is -2.11. The van der Waals surface area contributed by atoms with Gasteiger partial charge >= 0.3 is 0 Å². The van der Waals surface area contributed by atoms with Gasteiger partial charge in [0.25, 0.3) is 11.2 Å². The highest BCUT2D eigenvalue weighted by Gasteiger charge is 2.11. The second-order valence-electron chi connectivity index (χ2n) is 4.29. The number of rotatable bonds is 5. The quantitative estimate of drug-likeness (QED) is 0.619. The van der Waals surface area contributed by atoms with Crippen LogP contribution >= 0.6 is 0 Å². The average Bonchev–Trinajstić information content (AvgIpc) is 2.49.